The second kappa shape index (κ2) is 7.67. The number of nitrogens with zero attached hydrogens (tertiary/aromatic N) is 1. The highest BCUT2D eigenvalue weighted by atomic mass is 19.4. The number of amides is 1. The number of benzene rings is 2. The molecule has 1 heterocycles. The summed E-state index contributed by atoms with van der Waals surface area (Å²) in [4.78, 5) is 15.0. The first-order valence-corrected chi connectivity index (χ1v) is 10.1. The standard InChI is InChI=1S/C23H22F5NO/c24-22(25)12-9-17(10-13-22)21(30)29-14-11-15-3-1-2-4-19(15)20(29)16-5-7-18(8-6-16)23(26,27)28/h1-8,17,20H,9-14H2/t20-/m1/s1. The minimum atomic E-state index is -4.44. The summed E-state index contributed by atoms with van der Waals surface area (Å²) in [5, 5.41) is 0. The molecule has 4 rings (SSSR count). The fraction of sp³-hybridized carbons (Fsp3) is 0.435. The maximum absolute atomic E-state index is 13.5. The Balaban J connectivity index is 1.67. The number of alkyl halides is 5. The summed E-state index contributed by atoms with van der Waals surface area (Å²) in [5.74, 6) is -3.39. The van der Waals surface area contributed by atoms with Crippen molar-refractivity contribution >= 4 is 5.91 Å². The number of carbonyl (C=O) groups excluding carboxylic acids is 1. The summed E-state index contributed by atoms with van der Waals surface area (Å²) in [6, 6.07) is 11.9. The second-order valence-corrected chi connectivity index (χ2v) is 8.13. The molecule has 0 unspecified atom stereocenters. The van der Waals surface area contributed by atoms with Crippen molar-refractivity contribution in [2.75, 3.05) is 6.54 Å². The Morgan fingerprint density at radius 1 is 0.967 bits per heavy atom. The summed E-state index contributed by atoms with van der Waals surface area (Å²) in [7, 11) is 0. The van der Waals surface area contributed by atoms with Crippen LogP contribution in [0.25, 0.3) is 0 Å². The molecular weight excluding hydrogens is 401 g/mol. The monoisotopic (exact) mass is 423 g/mol. The smallest absolute Gasteiger partial charge is 0.331 e. The molecule has 1 atom stereocenters. The van der Waals surface area contributed by atoms with Crippen LogP contribution in [0.15, 0.2) is 48.5 Å². The fourth-order valence-corrected chi connectivity index (χ4v) is 4.54. The molecule has 0 saturated heterocycles. The zero-order valence-corrected chi connectivity index (χ0v) is 16.3. The van der Waals surface area contributed by atoms with Gasteiger partial charge in [-0.1, -0.05) is 36.4 Å². The van der Waals surface area contributed by atoms with Gasteiger partial charge in [0.05, 0.1) is 11.6 Å². The molecule has 1 amide bonds. The SMILES string of the molecule is O=C(C1CCC(F)(F)CC1)N1CCc2ccccc2[C@H]1c1ccc(C(F)(F)F)cc1. The van der Waals surface area contributed by atoms with Gasteiger partial charge in [0, 0.05) is 25.3 Å². The zero-order valence-electron chi connectivity index (χ0n) is 16.3. The summed E-state index contributed by atoms with van der Waals surface area (Å²) < 4.78 is 66.0. The molecule has 1 fully saturated rings. The third-order valence-electron chi connectivity index (χ3n) is 6.19. The summed E-state index contributed by atoms with van der Waals surface area (Å²) >= 11 is 0. The largest absolute Gasteiger partial charge is 0.416 e. The van der Waals surface area contributed by atoms with E-state index in [9.17, 15) is 26.7 Å². The molecule has 0 spiro atoms. The predicted octanol–water partition coefficient (Wildman–Crippen LogP) is 6.01. The molecule has 0 bridgehead atoms. The van der Waals surface area contributed by atoms with E-state index >= 15 is 0 Å². The van der Waals surface area contributed by atoms with Crippen LogP contribution in [-0.4, -0.2) is 23.3 Å². The first-order valence-electron chi connectivity index (χ1n) is 10.1. The molecular formula is C23H22F5NO. The quantitative estimate of drug-likeness (QED) is 0.542. The third kappa shape index (κ3) is 4.07. The van der Waals surface area contributed by atoms with Gasteiger partial charge in [0.25, 0.3) is 0 Å². The summed E-state index contributed by atoms with van der Waals surface area (Å²) in [6.07, 6.45) is -4.17. The lowest BCUT2D eigenvalue weighted by molar-refractivity contribution is -0.142. The van der Waals surface area contributed by atoms with Crippen LogP contribution in [0.4, 0.5) is 22.0 Å². The van der Waals surface area contributed by atoms with Crippen LogP contribution in [-0.2, 0) is 17.4 Å². The summed E-state index contributed by atoms with van der Waals surface area (Å²) in [5.41, 5.74) is 1.76. The number of halogens is 5. The van der Waals surface area contributed by atoms with Crippen LogP contribution >= 0.6 is 0 Å². The predicted molar refractivity (Wildman–Crippen MR) is 102 cm³/mol. The average molecular weight is 423 g/mol. The van der Waals surface area contributed by atoms with E-state index in [0.717, 1.165) is 23.3 Å². The maximum Gasteiger partial charge on any atom is 0.416 e. The Bertz CT molecular complexity index is 912. The highest BCUT2D eigenvalue weighted by Gasteiger charge is 2.41. The van der Waals surface area contributed by atoms with E-state index in [1.54, 1.807) is 4.90 Å². The Morgan fingerprint density at radius 2 is 1.60 bits per heavy atom. The van der Waals surface area contributed by atoms with Crippen LogP contribution < -0.4 is 0 Å². The van der Waals surface area contributed by atoms with E-state index in [0.29, 0.717) is 18.5 Å². The second-order valence-electron chi connectivity index (χ2n) is 8.13. The molecule has 1 aliphatic heterocycles. The molecule has 0 aromatic heterocycles. The Hall–Kier alpha value is -2.44. The van der Waals surface area contributed by atoms with Crippen LogP contribution in [0, 0.1) is 5.92 Å². The van der Waals surface area contributed by atoms with E-state index in [4.69, 9.17) is 0 Å². The lowest BCUT2D eigenvalue weighted by Gasteiger charge is -2.40. The van der Waals surface area contributed by atoms with Crippen molar-refractivity contribution < 1.29 is 26.7 Å². The minimum Gasteiger partial charge on any atom is -0.331 e. The van der Waals surface area contributed by atoms with Crippen LogP contribution in [0.2, 0.25) is 0 Å². The molecule has 0 radical (unpaired) electrons. The maximum atomic E-state index is 13.5. The van der Waals surface area contributed by atoms with Crippen LogP contribution in [0.5, 0.6) is 0 Å². The zero-order chi connectivity index (χ0) is 21.5. The highest BCUT2D eigenvalue weighted by Crippen LogP contribution is 2.41. The number of carbonyl (C=O) groups is 1. The van der Waals surface area contributed by atoms with Gasteiger partial charge >= 0.3 is 6.18 Å². The lowest BCUT2D eigenvalue weighted by atomic mass is 9.83. The molecule has 30 heavy (non-hydrogen) atoms. The molecule has 160 valence electrons. The number of hydrogen-bond acceptors (Lipinski definition) is 1. The normalized spacial score (nSPS) is 21.9. The van der Waals surface area contributed by atoms with Crippen molar-refractivity contribution in [2.45, 2.75) is 50.2 Å². The molecule has 1 aliphatic carbocycles. The molecule has 2 aromatic rings. The molecule has 7 heteroatoms. The Kier molecular flexibility index (Phi) is 5.32. The molecule has 2 aromatic carbocycles. The first-order chi connectivity index (χ1) is 14.2. The fourth-order valence-electron chi connectivity index (χ4n) is 4.54. The van der Waals surface area contributed by atoms with Crippen molar-refractivity contribution in [3.63, 3.8) is 0 Å². The van der Waals surface area contributed by atoms with Gasteiger partial charge in [0.2, 0.25) is 11.8 Å². The topological polar surface area (TPSA) is 20.3 Å². The van der Waals surface area contributed by atoms with Gasteiger partial charge in [0.1, 0.15) is 0 Å². The van der Waals surface area contributed by atoms with Gasteiger partial charge in [-0.3, -0.25) is 4.79 Å². The molecule has 2 aliphatic rings. The molecule has 0 N–H and O–H groups in total. The van der Waals surface area contributed by atoms with Crippen molar-refractivity contribution in [1.29, 1.82) is 0 Å². The first kappa shape index (κ1) is 20.8. The Morgan fingerprint density at radius 3 is 2.23 bits per heavy atom. The van der Waals surface area contributed by atoms with Crippen molar-refractivity contribution in [2.24, 2.45) is 5.92 Å². The van der Waals surface area contributed by atoms with Crippen molar-refractivity contribution in [3.8, 4) is 0 Å². The van der Waals surface area contributed by atoms with Gasteiger partial charge in [-0.25, -0.2) is 8.78 Å². The molecule has 2 nitrogen and oxygen atoms in total. The van der Waals surface area contributed by atoms with E-state index in [1.165, 1.54) is 12.1 Å². The van der Waals surface area contributed by atoms with Gasteiger partial charge in [-0.15, -0.1) is 0 Å². The van der Waals surface area contributed by atoms with E-state index in [-0.39, 0.29) is 31.6 Å². The minimum absolute atomic E-state index is 0.129. The van der Waals surface area contributed by atoms with Crippen molar-refractivity contribution in [1.82, 2.24) is 4.90 Å². The molecule has 1 saturated carbocycles. The number of fused-ring (bicyclic) bond motifs is 1. The lowest BCUT2D eigenvalue weighted by Crippen LogP contribution is -2.45. The van der Waals surface area contributed by atoms with E-state index < -0.39 is 29.6 Å². The summed E-state index contributed by atoms with van der Waals surface area (Å²) in [6.45, 7) is 0.411. The third-order valence-corrected chi connectivity index (χ3v) is 6.19. The van der Waals surface area contributed by atoms with Gasteiger partial charge in [-0.2, -0.15) is 13.2 Å². The highest BCUT2D eigenvalue weighted by molar-refractivity contribution is 5.80. The van der Waals surface area contributed by atoms with Gasteiger partial charge in [0.15, 0.2) is 0 Å². The van der Waals surface area contributed by atoms with Gasteiger partial charge < -0.3 is 4.90 Å². The van der Waals surface area contributed by atoms with Crippen LogP contribution in [0.1, 0.15) is 54.0 Å². The van der Waals surface area contributed by atoms with Crippen molar-refractivity contribution in [3.05, 3.63) is 70.8 Å². The van der Waals surface area contributed by atoms with Gasteiger partial charge in [-0.05, 0) is 48.1 Å². The van der Waals surface area contributed by atoms with E-state index in [2.05, 4.69) is 0 Å². The van der Waals surface area contributed by atoms with Crippen LogP contribution in [0.3, 0.4) is 0 Å². The average Bonchev–Trinajstić information content (AvgIpc) is 2.72. The number of rotatable bonds is 2. The Labute approximate surface area is 171 Å². The van der Waals surface area contributed by atoms with E-state index in [1.807, 2.05) is 24.3 Å². The number of hydrogen-bond donors (Lipinski definition) is 0.